The molecule has 97 heavy (non-hydrogen) atoms. The molecular formula is C61H79N3O28S5. The van der Waals surface area contributed by atoms with Crippen molar-refractivity contribution in [3.05, 3.63) is 95.7 Å². The van der Waals surface area contributed by atoms with E-state index < -0.39 is 105 Å². The number of carbonyl (C=O) groups excluding carboxylic acids is 3. The van der Waals surface area contributed by atoms with Crippen LogP contribution in [0.4, 0.5) is 11.4 Å². The van der Waals surface area contributed by atoms with Crippen LogP contribution < -0.4 is 4.90 Å². The second kappa shape index (κ2) is 34.3. The van der Waals surface area contributed by atoms with E-state index in [2.05, 4.69) is 0 Å². The summed E-state index contributed by atoms with van der Waals surface area (Å²) in [5.74, 6) is -2.70. The van der Waals surface area contributed by atoms with Gasteiger partial charge in [0.15, 0.2) is 12.3 Å². The lowest BCUT2D eigenvalue weighted by Crippen LogP contribution is -2.32. The third-order valence-electron chi connectivity index (χ3n) is 16.1. The van der Waals surface area contributed by atoms with E-state index in [1.165, 1.54) is 25.3 Å². The molecular weight excluding hydrogens is 1380 g/mol. The molecule has 0 saturated carbocycles. The second-order valence-electron chi connectivity index (χ2n) is 22.7. The lowest BCUT2D eigenvalue weighted by atomic mass is 9.74. The van der Waals surface area contributed by atoms with E-state index in [1.807, 2.05) is 4.90 Å². The zero-order chi connectivity index (χ0) is 71.0. The minimum Gasteiger partial charge on any atom is -0.744 e. The second-order valence-corrected chi connectivity index (χ2v) is 29.8. The van der Waals surface area contributed by atoms with Crippen molar-refractivity contribution in [3.63, 3.8) is 0 Å². The summed E-state index contributed by atoms with van der Waals surface area (Å²) in [6, 6.07) is 9.15. The minimum atomic E-state index is -5.40. The Labute approximate surface area is 562 Å². The van der Waals surface area contributed by atoms with Crippen LogP contribution in [0.3, 0.4) is 0 Å². The Morgan fingerprint density at radius 3 is 1.61 bits per heavy atom. The van der Waals surface area contributed by atoms with Crippen molar-refractivity contribution in [1.29, 1.82) is 0 Å². The number of hydrogen-bond donors (Lipinski definition) is 4. The summed E-state index contributed by atoms with van der Waals surface area (Å²) in [5, 5.41) is 0.147. The highest BCUT2D eigenvalue weighted by Crippen LogP contribution is 2.54. The molecule has 3 heterocycles. The normalized spacial score (nSPS) is 18.4. The fourth-order valence-corrected chi connectivity index (χ4v) is 14.9. The molecule has 536 valence electrons. The minimum absolute atomic E-state index is 0.00148. The van der Waals surface area contributed by atoms with Crippen molar-refractivity contribution in [3.8, 4) is 0 Å². The van der Waals surface area contributed by atoms with Gasteiger partial charge in [0.2, 0.25) is 5.69 Å². The highest BCUT2D eigenvalue weighted by Gasteiger charge is 2.50. The number of fused-ring (bicyclic) bond motifs is 6. The molecule has 31 nitrogen and oxygen atoms in total. The highest BCUT2D eigenvalue weighted by molar-refractivity contribution is 7.87. The summed E-state index contributed by atoms with van der Waals surface area (Å²) >= 11 is 0. The van der Waals surface area contributed by atoms with Gasteiger partial charge in [-0.1, -0.05) is 24.3 Å². The molecule has 0 aromatic heterocycles. The van der Waals surface area contributed by atoms with Gasteiger partial charge in [-0.3, -0.25) is 27.8 Å². The smallest absolute Gasteiger partial charge is 0.335 e. The van der Waals surface area contributed by atoms with Crippen molar-refractivity contribution >= 4 is 107 Å². The number of hydrogen-bond acceptors (Lipinski definition) is 25. The SMILES string of the molecule is COCCOCCOCCOCCC1(C)\C(=C/C=C/C=C/C2=[N+](CCOC)c3ccc4c(S(=O)(=O)O)cc(S(=O)(=O)O)cc4c3C2(C)CCCS(=O)(=O)O)N(CCOCCOCCOCCOCCC(=O)ON2C(=O)CCC2=O)c2ccc3c(S(=O)(=O)[O-])cc(S(=O)(=O)O)cc3c21. The van der Waals surface area contributed by atoms with Crippen LogP contribution in [0.2, 0.25) is 0 Å². The summed E-state index contributed by atoms with van der Waals surface area (Å²) in [6.07, 6.45) is 7.90. The van der Waals surface area contributed by atoms with Crippen LogP contribution in [0.1, 0.15) is 63.5 Å². The number of carbonyl (C=O) groups is 3. The molecule has 36 heteroatoms. The number of anilines is 1. The first-order chi connectivity index (χ1) is 45.8. The topological polar surface area (TPSA) is 428 Å². The van der Waals surface area contributed by atoms with Gasteiger partial charge in [-0.15, -0.1) is 5.06 Å². The first kappa shape index (κ1) is 78.2. The fourth-order valence-electron chi connectivity index (χ4n) is 11.7. The Morgan fingerprint density at radius 2 is 1.07 bits per heavy atom. The van der Waals surface area contributed by atoms with Crippen LogP contribution in [0, 0.1) is 0 Å². The van der Waals surface area contributed by atoms with Crippen LogP contribution in [0.15, 0.2) is 104 Å². The fraction of sp³-hybridized carbons (Fsp3) is 0.508. The number of hydroxylamine groups is 2. The molecule has 2 unspecified atom stereocenters. The van der Waals surface area contributed by atoms with Gasteiger partial charge >= 0.3 is 5.97 Å². The number of allylic oxidation sites excluding steroid dienone is 6. The number of imide groups is 1. The lowest BCUT2D eigenvalue weighted by molar-refractivity contribution is -0.441. The van der Waals surface area contributed by atoms with E-state index in [0.29, 0.717) is 65.4 Å². The van der Waals surface area contributed by atoms with Crippen molar-refractivity contribution in [1.82, 2.24) is 5.06 Å². The number of rotatable bonds is 42. The Morgan fingerprint density at radius 1 is 0.567 bits per heavy atom. The van der Waals surface area contributed by atoms with Crippen LogP contribution in [-0.4, -0.2) is 237 Å². The molecule has 4 aromatic rings. The largest absolute Gasteiger partial charge is 0.744 e. The molecule has 2 atom stereocenters. The molecule has 3 aliphatic heterocycles. The van der Waals surface area contributed by atoms with Crippen LogP contribution in [0.5, 0.6) is 0 Å². The monoisotopic (exact) mass is 1460 g/mol. The molecule has 0 aliphatic carbocycles. The summed E-state index contributed by atoms with van der Waals surface area (Å²) in [4.78, 5) is 38.6. The summed E-state index contributed by atoms with van der Waals surface area (Å²) in [5.41, 5.74) is -0.203. The molecule has 1 fully saturated rings. The van der Waals surface area contributed by atoms with Crippen molar-refractivity contribution < 1.29 is 131 Å². The van der Waals surface area contributed by atoms with E-state index in [4.69, 9.17) is 47.5 Å². The maximum Gasteiger partial charge on any atom is 0.335 e. The standard InChI is InChI=1S/C61H79N3O28S5/c1-60(18-8-38-93(68,69)70)53(62(20-24-83-3)49-13-11-45-47(58(49)60)39-43(94(71,72)73)41-51(45)96(77,78)79)9-6-5-7-10-54-61(2,19-23-86-29-32-90-35-34-88-27-26-84-4)59-48-40-44(95(74,75)76)42-52(97(80,81)82)46(48)12-14-50(59)63(54)21-25-87-30-33-91-37-36-89-31-28-85-22-17-57(67)92-64-55(65)15-16-56(64)66/h5-7,9-14,39-42H,8,15-38H2,1-4H3,(H4-,68,69,70,71,72,73,74,75,76,77,78,79,80,81,82). The number of benzene rings is 4. The van der Waals surface area contributed by atoms with E-state index in [0.717, 1.165) is 12.1 Å². The molecule has 1 saturated heterocycles. The summed E-state index contributed by atoms with van der Waals surface area (Å²) < 4.78 is 233. The van der Waals surface area contributed by atoms with Crippen LogP contribution in [-0.2, 0) is 123 Å². The van der Waals surface area contributed by atoms with Gasteiger partial charge in [0.25, 0.3) is 52.3 Å². The van der Waals surface area contributed by atoms with Gasteiger partial charge in [0.1, 0.15) is 21.6 Å². The molecule has 2 amide bonds. The maximum absolute atomic E-state index is 13.0. The Bertz CT molecular complexity index is 4240. The van der Waals surface area contributed by atoms with Gasteiger partial charge in [-0.05, 0) is 97.3 Å². The van der Waals surface area contributed by atoms with E-state index in [-0.39, 0.29) is 165 Å². The van der Waals surface area contributed by atoms with Crippen LogP contribution in [0.25, 0.3) is 21.5 Å². The quantitative estimate of drug-likeness (QED) is 0.0158. The van der Waals surface area contributed by atoms with Crippen molar-refractivity contribution in [2.45, 2.75) is 82.8 Å². The summed E-state index contributed by atoms with van der Waals surface area (Å²) in [6.45, 7) is 6.18. The van der Waals surface area contributed by atoms with Gasteiger partial charge in [0, 0.05) is 80.1 Å². The average Bonchev–Trinajstić information content (AvgIpc) is 1.60. The Kier molecular flexibility index (Phi) is 27.7. The van der Waals surface area contributed by atoms with Crippen molar-refractivity contribution in [2.24, 2.45) is 0 Å². The molecule has 0 radical (unpaired) electrons. The van der Waals surface area contributed by atoms with Crippen LogP contribution >= 0.6 is 0 Å². The molecule has 0 spiro atoms. The predicted octanol–water partition coefficient (Wildman–Crippen LogP) is 4.23. The third-order valence-corrected chi connectivity index (χ3v) is 20.4. The number of methoxy groups -OCH3 is 2. The third kappa shape index (κ3) is 20.5. The molecule has 7 rings (SSSR count). The maximum atomic E-state index is 13.0. The highest BCUT2D eigenvalue weighted by atomic mass is 32.2. The van der Waals surface area contributed by atoms with Gasteiger partial charge in [-0.2, -0.15) is 38.2 Å². The number of nitrogens with zero attached hydrogens (tertiary/aromatic N) is 3. The number of amides is 2. The average molecular weight is 1460 g/mol. The Hall–Kier alpha value is -6.11. The van der Waals surface area contributed by atoms with Gasteiger partial charge < -0.3 is 56.9 Å². The first-order valence-electron chi connectivity index (χ1n) is 30.4. The van der Waals surface area contributed by atoms with E-state index in [1.54, 1.807) is 62.0 Å². The molecule has 0 bridgehead atoms. The molecule has 3 aliphatic rings. The van der Waals surface area contributed by atoms with E-state index in [9.17, 15) is 79.2 Å². The lowest BCUT2D eigenvalue weighted by Gasteiger charge is -2.31. The predicted molar refractivity (Wildman–Crippen MR) is 345 cm³/mol. The Balaban J connectivity index is 1.20. The number of ether oxygens (including phenoxy) is 9. The first-order valence-corrected chi connectivity index (χ1v) is 37.7. The van der Waals surface area contributed by atoms with E-state index >= 15 is 0 Å². The summed E-state index contributed by atoms with van der Waals surface area (Å²) in [7, 11) is -22.4. The van der Waals surface area contributed by atoms with Gasteiger partial charge in [0.05, 0.1) is 125 Å². The van der Waals surface area contributed by atoms with Gasteiger partial charge in [-0.25, -0.2) is 13.2 Å². The zero-order valence-corrected chi connectivity index (χ0v) is 57.7. The zero-order valence-electron chi connectivity index (χ0n) is 53.7. The molecule has 4 aromatic carbocycles. The molecule has 4 N–H and O–H groups in total. The van der Waals surface area contributed by atoms with Crippen molar-refractivity contribution in [2.75, 3.05) is 144 Å².